The molecule has 4 rings (SSSR count). The lowest BCUT2D eigenvalue weighted by Crippen LogP contribution is -2.17. The zero-order chi connectivity index (χ0) is 15.1. The second-order valence-electron chi connectivity index (χ2n) is 6.18. The van der Waals surface area contributed by atoms with Gasteiger partial charge in [-0.15, -0.1) is 0 Å². The number of nitrogens with zero attached hydrogens (tertiary/aromatic N) is 3. The lowest BCUT2D eigenvalue weighted by atomic mass is 9.85. The predicted octanol–water partition coefficient (Wildman–Crippen LogP) is 3.88. The van der Waals surface area contributed by atoms with Crippen molar-refractivity contribution in [2.24, 2.45) is 0 Å². The van der Waals surface area contributed by atoms with Crippen LogP contribution in [0.3, 0.4) is 0 Å². The van der Waals surface area contributed by atoms with Crippen molar-refractivity contribution in [2.45, 2.75) is 45.6 Å². The maximum atomic E-state index is 6.18. The molecule has 1 saturated carbocycles. The van der Waals surface area contributed by atoms with Gasteiger partial charge in [0.1, 0.15) is 11.3 Å². The Morgan fingerprint density at radius 2 is 2.00 bits per heavy atom. The molecule has 113 valence electrons. The number of aryl methyl sites for hydroxylation is 1. The second-order valence-corrected chi connectivity index (χ2v) is 6.18. The molecule has 1 radical (unpaired) electrons. The van der Waals surface area contributed by atoms with E-state index in [0.717, 1.165) is 47.1 Å². The van der Waals surface area contributed by atoms with E-state index >= 15 is 0 Å². The fourth-order valence-corrected chi connectivity index (χ4v) is 3.30. The van der Waals surface area contributed by atoms with Crippen LogP contribution in [0.1, 0.15) is 38.4 Å². The van der Waals surface area contributed by atoms with Crippen molar-refractivity contribution in [3.05, 3.63) is 36.0 Å². The van der Waals surface area contributed by atoms with Gasteiger partial charge >= 0.3 is 0 Å². The molecule has 0 amide bonds. The molecule has 4 nitrogen and oxygen atoms in total. The first-order valence-corrected chi connectivity index (χ1v) is 8.15. The molecule has 1 aliphatic rings. The Morgan fingerprint density at radius 1 is 1.18 bits per heavy atom. The van der Waals surface area contributed by atoms with Crippen LogP contribution < -0.4 is 5.73 Å². The van der Waals surface area contributed by atoms with Gasteiger partial charge < -0.3 is 10.3 Å². The maximum Gasteiger partial charge on any atom is 0.152 e. The van der Waals surface area contributed by atoms with Crippen LogP contribution in [0.5, 0.6) is 0 Å². The van der Waals surface area contributed by atoms with Gasteiger partial charge in [0.05, 0.1) is 11.0 Å². The van der Waals surface area contributed by atoms with Crippen LogP contribution in [0.15, 0.2) is 24.3 Å². The molecule has 0 unspecified atom stereocenters. The molecule has 2 heterocycles. The summed E-state index contributed by atoms with van der Waals surface area (Å²) in [5.74, 6) is 3.31. The molecule has 1 aromatic carbocycles. The van der Waals surface area contributed by atoms with E-state index in [2.05, 4.69) is 28.6 Å². The SMILES string of the molecule is CCCc1nc2c(N)nc3ccccc3c2n1C[C]1CCC1. The van der Waals surface area contributed by atoms with Crippen LogP contribution in [-0.4, -0.2) is 14.5 Å². The lowest BCUT2D eigenvalue weighted by molar-refractivity contribution is 0.476. The van der Waals surface area contributed by atoms with Crippen molar-refractivity contribution in [3.8, 4) is 0 Å². The Hall–Kier alpha value is -2.10. The number of rotatable bonds is 4. The summed E-state index contributed by atoms with van der Waals surface area (Å²) in [6.07, 6.45) is 5.91. The summed E-state index contributed by atoms with van der Waals surface area (Å²) >= 11 is 0. The van der Waals surface area contributed by atoms with E-state index in [9.17, 15) is 0 Å². The van der Waals surface area contributed by atoms with E-state index in [1.54, 1.807) is 5.92 Å². The van der Waals surface area contributed by atoms with E-state index in [0.29, 0.717) is 5.82 Å². The number of hydrogen-bond acceptors (Lipinski definition) is 3. The average molecular weight is 293 g/mol. The number of para-hydroxylation sites is 1. The molecule has 22 heavy (non-hydrogen) atoms. The van der Waals surface area contributed by atoms with Gasteiger partial charge in [0, 0.05) is 18.4 Å². The summed E-state index contributed by atoms with van der Waals surface area (Å²) in [6.45, 7) is 3.18. The smallest absolute Gasteiger partial charge is 0.152 e. The minimum atomic E-state index is 0.545. The molecule has 1 fully saturated rings. The summed E-state index contributed by atoms with van der Waals surface area (Å²) in [7, 11) is 0. The number of imidazole rings is 1. The molecular formula is C18H21N4. The summed E-state index contributed by atoms with van der Waals surface area (Å²) in [6, 6.07) is 8.23. The van der Waals surface area contributed by atoms with Crippen molar-refractivity contribution in [1.29, 1.82) is 0 Å². The summed E-state index contributed by atoms with van der Waals surface area (Å²) in [5.41, 5.74) is 9.16. The highest BCUT2D eigenvalue weighted by molar-refractivity contribution is 6.06. The summed E-state index contributed by atoms with van der Waals surface area (Å²) in [5, 5.41) is 1.15. The Morgan fingerprint density at radius 3 is 2.73 bits per heavy atom. The van der Waals surface area contributed by atoms with Crippen molar-refractivity contribution >= 4 is 27.8 Å². The average Bonchev–Trinajstić information content (AvgIpc) is 2.83. The molecule has 3 aromatic rings. The second kappa shape index (κ2) is 5.27. The molecule has 2 N–H and O–H groups in total. The minimum Gasteiger partial charge on any atom is -0.382 e. The number of aromatic nitrogens is 3. The highest BCUT2D eigenvalue weighted by Crippen LogP contribution is 2.34. The monoisotopic (exact) mass is 293 g/mol. The molecule has 1 aliphatic carbocycles. The summed E-state index contributed by atoms with van der Waals surface area (Å²) < 4.78 is 2.38. The van der Waals surface area contributed by atoms with Gasteiger partial charge in [0.2, 0.25) is 0 Å². The van der Waals surface area contributed by atoms with Crippen LogP contribution in [-0.2, 0) is 13.0 Å². The fourth-order valence-electron chi connectivity index (χ4n) is 3.30. The van der Waals surface area contributed by atoms with E-state index in [1.807, 2.05) is 12.1 Å². The van der Waals surface area contributed by atoms with Crippen molar-refractivity contribution in [1.82, 2.24) is 14.5 Å². The van der Waals surface area contributed by atoms with Gasteiger partial charge in [-0.3, -0.25) is 0 Å². The van der Waals surface area contributed by atoms with Gasteiger partial charge in [0.25, 0.3) is 0 Å². The zero-order valence-electron chi connectivity index (χ0n) is 13.0. The molecular weight excluding hydrogens is 272 g/mol. The number of pyridine rings is 1. The predicted molar refractivity (Wildman–Crippen MR) is 90.5 cm³/mol. The van der Waals surface area contributed by atoms with E-state index in [4.69, 9.17) is 10.7 Å². The normalized spacial score (nSPS) is 15.5. The Labute approximate surface area is 130 Å². The Kier molecular flexibility index (Phi) is 3.25. The van der Waals surface area contributed by atoms with Crippen LogP contribution in [0, 0.1) is 5.92 Å². The van der Waals surface area contributed by atoms with Crippen LogP contribution in [0.2, 0.25) is 0 Å². The third-order valence-electron chi connectivity index (χ3n) is 4.61. The van der Waals surface area contributed by atoms with Gasteiger partial charge in [-0.2, -0.15) is 0 Å². The van der Waals surface area contributed by atoms with Gasteiger partial charge in [0.15, 0.2) is 5.82 Å². The third-order valence-corrected chi connectivity index (χ3v) is 4.61. The number of nitrogen functional groups attached to an aromatic ring is 1. The number of fused-ring (bicyclic) bond motifs is 3. The highest BCUT2D eigenvalue weighted by atomic mass is 15.1. The first-order chi connectivity index (χ1) is 10.8. The molecule has 0 atom stereocenters. The number of benzene rings is 1. The Bertz CT molecular complexity index is 830. The van der Waals surface area contributed by atoms with Gasteiger partial charge in [-0.05, 0) is 31.2 Å². The van der Waals surface area contributed by atoms with Crippen molar-refractivity contribution in [3.63, 3.8) is 0 Å². The van der Waals surface area contributed by atoms with Crippen LogP contribution in [0.25, 0.3) is 21.9 Å². The molecule has 0 aliphatic heterocycles. The third kappa shape index (κ3) is 2.05. The maximum absolute atomic E-state index is 6.18. The zero-order valence-corrected chi connectivity index (χ0v) is 13.0. The topological polar surface area (TPSA) is 56.7 Å². The first kappa shape index (κ1) is 13.6. The summed E-state index contributed by atoms with van der Waals surface area (Å²) in [4.78, 5) is 9.35. The number of hydrogen-bond donors (Lipinski definition) is 1. The quantitative estimate of drug-likeness (QED) is 0.794. The van der Waals surface area contributed by atoms with Gasteiger partial charge in [-0.25, -0.2) is 9.97 Å². The highest BCUT2D eigenvalue weighted by Gasteiger charge is 2.23. The van der Waals surface area contributed by atoms with E-state index < -0.39 is 0 Å². The van der Waals surface area contributed by atoms with Gasteiger partial charge in [-0.1, -0.05) is 31.5 Å². The molecule has 0 saturated heterocycles. The van der Waals surface area contributed by atoms with E-state index in [1.165, 1.54) is 19.3 Å². The van der Waals surface area contributed by atoms with Crippen LogP contribution >= 0.6 is 0 Å². The number of nitrogens with two attached hydrogens (primary N) is 1. The number of anilines is 1. The molecule has 0 bridgehead atoms. The standard InChI is InChI=1S/C18H21N4/c1-2-6-15-21-16-17(22(15)11-12-7-5-8-12)13-9-3-4-10-14(13)20-18(16)19/h3-4,9-10H,2,5-8,11H2,1H3,(H2,19,20). The largest absolute Gasteiger partial charge is 0.382 e. The molecule has 0 spiro atoms. The molecule has 4 heteroatoms. The minimum absolute atomic E-state index is 0.545. The van der Waals surface area contributed by atoms with Crippen LogP contribution in [0.4, 0.5) is 5.82 Å². The van der Waals surface area contributed by atoms with Crippen molar-refractivity contribution < 1.29 is 0 Å². The lowest BCUT2D eigenvalue weighted by Gasteiger charge is -2.26. The fraction of sp³-hybridized carbons (Fsp3) is 0.389. The van der Waals surface area contributed by atoms with E-state index in [-0.39, 0.29) is 0 Å². The molecule has 2 aromatic heterocycles. The van der Waals surface area contributed by atoms with Crippen molar-refractivity contribution in [2.75, 3.05) is 5.73 Å². The first-order valence-electron chi connectivity index (χ1n) is 8.15. The Balaban J connectivity index is 2.00.